The molecule has 108 valence electrons. The van der Waals surface area contributed by atoms with Gasteiger partial charge in [0.2, 0.25) is 0 Å². The number of benzene rings is 1. The Morgan fingerprint density at radius 3 is 2.16 bits per heavy atom. The number of nitrogens with one attached hydrogen (secondary N) is 1. The van der Waals surface area contributed by atoms with E-state index in [0.717, 1.165) is 6.07 Å². The largest absolute Gasteiger partial charge is 0.416 e. The van der Waals surface area contributed by atoms with Gasteiger partial charge in [-0.2, -0.15) is 13.2 Å². The number of hydrogen-bond acceptors (Lipinski definition) is 2. The fourth-order valence-electron chi connectivity index (χ4n) is 2.01. The molecule has 0 radical (unpaired) electrons. The van der Waals surface area contributed by atoms with Crippen molar-refractivity contribution in [2.24, 2.45) is 0 Å². The van der Waals surface area contributed by atoms with E-state index < -0.39 is 17.3 Å². The van der Waals surface area contributed by atoms with E-state index >= 15 is 0 Å². The molecule has 2 N–H and O–H groups in total. The van der Waals surface area contributed by atoms with Gasteiger partial charge in [-0.1, -0.05) is 32.0 Å². The Hall–Kier alpha value is -1.07. The first-order chi connectivity index (χ1) is 8.88. The second-order valence-corrected chi connectivity index (χ2v) is 4.65. The van der Waals surface area contributed by atoms with E-state index in [-0.39, 0.29) is 18.7 Å². The minimum absolute atomic E-state index is 0.0891. The summed E-state index contributed by atoms with van der Waals surface area (Å²) in [7, 11) is 0. The number of aliphatic hydroxyl groups is 1. The molecular formula is C14H20F3NO. The van der Waals surface area contributed by atoms with Gasteiger partial charge in [0, 0.05) is 12.1 Å². The van der Waals surface area contributed by atoms with Crippen molar-refractivity contribution in [1.82, 2.24) is 5.32 Å². The van der Waals surface area contributed by atoms with Gasteiger partial charge in [-0.15, -0.1) is 0 Å². The van der Waals surface area contributed by atoms with Gasteiger partial charge in [-0.05, 0) is 24.5 Å². The molecule has 0 heterocycles. The Morgan fingerprint density at radius 2 is 1.68 bits per heavy atom. The van der Waals surface area contributed by atoms with Gasteiger partial charge in [-0.25, -0.2) is 0 Å². The van der Waals surface area contributed by atoms with E-state index in [2.05, 4.69) is 5.32 Å². The first-order valence-corrected chi connectivity index (χ1v) is 6.39. The summed E-state index contributed by atoms with van der Waals surface area (Å²) < 4.78 is 38.5. The van der Waals surface area contributed by atoms with Crippen molar-refractivity contribution in [3.05, 3.63) is 35.4 Å². The summed E-state index contributed by atoms with van der Waals surface area (Å²) in [5.41, 5.74) is -0.935. The summed E-state index contributed by atoms with van der Waals surface area (Å²) in [4.78, 5) is 0. The molecule has 2 nitrogen and oxygen atoms in total. The zero-order chi connectivity index (χ0) is 14.5. The Bertz CT molecular complexity index is 392. The standard InChI is InChI=1S/C14H20F3NO/c1-3-13(4-2,10-19)18-9-11-7-5-6-8-12(11)14(15,16)17/h5-8,18-19H,3-4,9-10H2,1-2H3. The normalized spacial score (nSPS) is 12.7. The van der Waals surface area contributed by atoms with Crippen LogP contribution in [0.2, 0.25) is 0 Å². The Kier molecular flexibility index (Phi) is 5.38. The first kappa shape index (κ1) is 16.0. The summed E-state index contributed by atoms with van der Waals surface area (Å²) in [6, 6.07) is 5.51. The third kappa shape index (κ3) is 3.94. The molecule has 0 atom stereocenters. The van der Waals surface area contributed by atoms with Crippen molar-refractivity contribution in [1.29, 1.82) is 0 Å². The zero-order valence-electron chi connectivity index (χ0n) is 11.2. The maximum atomic E-state index is 12.8. The molecule has 0 aliphatic carbocycles. The van der Waals surface area contributed by atoms with Crippen molar-refractivity contribution in [2.45, 2.75) is 44.9 Å². The fraction of sp³-hybridized carbons (Fsp3) is 0.571. The lowest BCUT2D eigenvalue weighted by molar-refractivity contribution is -0.138. The minimum Gasteiger partial charge on any atom is -0.394 e. The number of alkyl halides is 3. The van der Waals surface area contributed by atoms with Crippen molar-refractivity contribution >= 4 is 0 Å². The zero-order valence-corrected chi connectivity index (χ0v) is 11.2. The van der Waals surface area contributed by atoms with Gasteiger partial charge in [0.1, 0.15) is 0 Å². The SMILES string of the molecule is CCC(CC)(CO)NCc1ccccc1C(F)(F)F. The molecule has 0 aliphatic rings. The number of rotatable bonds is 6. The maximum Gasteiger partial charge on any atom is 0.416 e. The maximum absolute atomic E-state index is 12.8. The van der Waals surface area contributed by atoms with Crippen LogP contribution in [0.15, 0.2) is 24.3 Å². The molecule has 0 bridgehead atoms. The molecule has 0 spiro atoms. The highest BCUT2D eigenvalue weighted by molar-refractivity contribution is 5.29. The minimum atomic E-state index is -4.35. The predicted molar refractivity (Wildman–Crippen MR) is 68.7 cm³/mol. The van der Waals surface area contributed by atoms with Crippen LogP contribution in [0, 0.1) is 0 Å². The van der Waals surface area contributed by atoms with E-state index in [9.17, 15) is 18.3 Å². The average molecular weight is 275 g/mol. The molecule has 0 aliphatic heterocycles. The molecule has 0 saturated heterocycles. The van der Waals surface area contributed by atoms with Crippen LogP contribution in [0.3, 0.4) is 0 Å². The monoisotopic (exact) mass is 275 g/mol. The lowest BCUT2D eigenvalue weighted by Crippen LogP contribution is -2.47. The molecule has 1 rings (SSSR count). The molecular weight excluding hydrogens is 255 g/mol. The van der Waals surface area contributed by atoms with Crippen LogP contribution >= 0.6 is 0 Å². The summed E-state index contributed by atoms with van der Waals surface area (Å²) >= 11 is 0. The molecule has 19 heavy (non-hydrogen) atoms. The predicted octanol–water partition coefficient (Wildman–Crippen LogP) is 3.35. The third-order valence-corrected chi connectivity index (χ3v) is 3.63. The van der Waals surface area contributed by atoms with Crippen LogP contribution in [0.1, 0.15) is 37.8 Å². The molecule has 1 aromatic carbocycles. The van der Waals surface area contributed by atoms with E-state index in [0.29, 0.717) is 12.8 Å². The van der Waals surface area contributed by atoms with E-state index in [4.69, 9.17) is 0 Å². The van der Waals surface area contributed by atoms with Gasteiger partial charge in [0.05, 0.1) is 12.2 Å². The van der Waals surface area contributed by atoms with Gasteiger partial charge in [-0.3, -0.25) is 0 Å². The van der Waals surface area contributed by atoms with Crippen LogP contribution in [0.25, 0.3) is 0 Å². The molecule has 0 saturated carbocycles. The first-order valence-electron chi connectivity index (χ1n) is 6.39. The van der Waals surface area contributed by atoms with E-state index in [1.54, 1.807) is 6.07 Å². The lowest BCUT2D eigenvalue weighted by Gasteiger charge is -2.31. The molecule has 5 heteroatoms. The molecule has 0 aromatic heterocycles. The Balaban J connectivity index is 2.89. The van der Waals surface area contributed by atoms with Crippen LogP contribution in [-0.2, 0) is 12.7 Å². The summed E-state index contributed by atoms with van der Waals surface area (Å²) in [6.07, 6.45) is -3.03. The highest BCUT2D eigenvalue weighted by Crippen LogP contribution is 2.32. The van der Waals surface area contributed by atoms with Crippen LogP contribution in [0.4, 0.5) is 13.2 Å². The smallest absolute Gasteiger partial charge is 0.394 e. The van der Waals surface area contributed by atoms with Crippen LogP contribution in [0.5, 0.6) is 0 Å². The van der Waals surface area contributed by atoms with Gasteiger partial charge >= 0.3 is 6.18 Å². The molecule has 0 fully saturated rings. The second kappa shape index (κ2) is 6.39. The number of hydrogen-bond donors (Lipinski definition) is 2. The quantitative estimate of drug-likeness (QED) is 0.834. The third-order valence-electron chi connectivity index (χ3n) is 3.63. The highest BCUT2D eigenvalue weighted by atomic mass is 19.4. The Morgan fingerprint density at radius 1 is 1.11 bits per heavy atom. The summed E-state index contributed by atoms with van der Waals surface area (Å²) in [5.74, 6) is 0. The Labute approximate surface area is 111 Å². The molecule has 1 aromatic rings. The van der Waals surface area contributed by atoms with Crippen molar-refractivity contribution in [3.8, 4) is 0 Å². The second-order valence-electron chi connectivity index (χ2n) is 4.65. The van der Waals surface area contributed by atoms with Crippen LogP contribution in [-0.4, -0.2) is 17.3 Å². The van der Waals surface area contributed by atoms with E-state index in [1.807, 2.05) is 13.8 Å². The van der Waals surface area contributed by atoms with Gasteiger partial charge < -0.3 is 10.4 Å². The van der Waals surface area contributed by atoms with E-state index in [1.165, 1.54) is 12.1 Å². The average Bonchev–Trinajstić information content (AvgIpc) is 2.40. The topological polar surface area (TPSA) is 32.3 Å². The molecule has 0 unspecified atom stereocenters. The summed E-state index contributed by atoms with van der Waals surface area (Å²) in [6.45, 7) is 3.82. The van der Waals surface area contributed by atoms with Crippen LogP contribution < -0.4 is 5.32 Å². The lowest BCUT2D eigenvalue weighted by atomic mass is 9.93. The van der Waals surface area contributed by atoms with Crippen molar-refractivity contribution in [3.63, 3.8) is 0 Å². The van der Waals surface area contributed by atoms with Crippen molar-refractivity contribution < 1.29 is 18.3 Å². The molecule has 0 amide bonds. The number of aliphatic hydroxyl groups excluding tert-OH is 1. The fourth-order valence-corrected chi connectivity index (χ4v) is 2.01. The highest BCUT2D eigenvalue weighted by Gasteiger charge is 2.33. The van der Waals surface area contributed by atoms with Gasteiger partial charge in [0.25, 0.3) is 0 Å². The van der Waals surface area contributed by atoms with Crippen molar-refractivity contribution in [2.75, 3.05) is 6.61 Å². The number of halogens is 3. The summed E-state index contributed by atoms with van der Waals surface area (Å²) in [5, 5.41) is 12.5. The van der Waals surface area contributed by atoms with Gasteiger partial charge in [0.15, 0.2) is 0 Å².